The summed E-state index contributed by atoms with van der Waals surface area (Å²) in [5.41, 5.74) is 0.977. The fourth-order valence-corrected chi connectivity index (χ4v) is 4.09. The second kappa shape index (κ2) is 10.2. The summed E-state index contributed by atoms with van der Waals surface area (Å²) in [6, 6.07) is 7.97. The predicted octanol–water partition coefficient (Wildman–Crippen LogP) is 3.37. The van der Waals surface area contributed by atoms with Crippen LogP contribution in [0.2, 0.25) is 0 Å². The van der Waals surface area contributed by atoms with E-state index in [1.54, 1.807) is 18.0 Å². The normalized spacial score (nSPS) is 18.8. The average molecular weight is 380 g/mol. The molecule has 1 heterocycles. The van der Waals surface area contributed by atoms with Gasteiger partial charge in [0.25, 0.3) is 0 Å². The zero-order valence-electron chi connectivity index (χ0n) is 14.0. The maximum Gasteiger partial charge on any atom is 0.305 e. The number of hydrogen-bond donors (Lipinski definition) is 2. The number of thioether (sulfide) groups is 2. The minimum absolute atomic E-state index is 0.226. The number of amides is 1. The van der Waals surface area contributed by atoms with Crippen molar-refractivity contribution in [3.8, 4) is 0 Å². The third-order valence-corrected chi connectivity index (χ3v) is 5.65. The molecule has 0 spiro atoms. The smallest absolute Gasteiger partial charge is 0.305 e. The molecule has 2 rings (SSSR count). The Bertz CT molecular complexity index is 677. The summed E-state index contributed by atoms with van der Waals surface area (Å²) in [7, 11) is 0. The molecule has 0 saturated carbocycles. The molecule has 1 aliphatic rings. The summed E-state index contributed by atoms with van der Waals surface area (Å²) in [6.45, 7) is 2.19. The van der Waals surface area contributed by atoms with Crippen molar-refractivity contribution in [1.29, 1.82) is 0 Å². The number of benzene rings is 1. The lowest BCUT2D eigenvalue weighted by atomic mass is 10.2. The Morgan fingerprint density at radius 1 is 1.40 bits per heavy atom. The molecule has 1 saturated heterocycles. The van der Waals surface area contributed by atoms with E-state index in [-0.39, 0.29) is 12.3 Å². The summed E-state index contributed by atoms with van der Waals surface area (Å²) < 4.78 is 0. The highest BCUT2D eigenvalue weighted by Crippen LogP contribution is 2.24. The fraction of sp³-hybridized carbons (Fsp3) is 0.412. The molecule has 134 valence electrons. The zero-order valence-corrected chi connectivity index (χ0v) is 15.6. The van der Waals surface area contributed by atoms with E-state index in [0.29, 0.717) is 5.17 Å². The van der Waals surface area contributed by atoms with Gasteiger partial charge >= 0.3 is 5.97 Å². The highest BCUT2D eigenvalue weighted by Gasteiger charge is 2.32. The molecule has 25 heavy (non-hydrogen) atoms. The largest absolute Gasteiger partial charge is 0.481 e. The van der Waals surface area contributed by atoms with Gasteiger partial charge in [0.2, 0.25) is 5.91 Å². The van der Waals surface area contributed by atoms with Crippen molar-refractivity contribution in [2.24, 2.45) is 10.2 Å². The van der Waals surface area contributed by atoms with Crippen molar-refractivity contribution in [3.63, 3.8) is 0 Å². The van der Waals surface area contributed by atoms with Crippen LogP contribution >= 0.6 is 23.5 Å². The van der Waals surface area contributed by atoms with Crippen molar-refractivity contribution in [3.05, 3.63) is 29.8 Å². The lowest BCUT2D eigenvalue weighted by Gasteiger charge is -2.04. The number of carboxylic acid groups (broad SMARTS) is 1. The summed E-state index contributed by atoms with van der Waals surface area (Å²) in [5.74, 6) is -0.282. The number of carboxylic acids is 1. The molecule has 0 aromatic heterocycles. The lowest BCUT2D eigenvalue weighted by molar-refractivity contribution is -0.138. The lowest BCUT2D eigenvalue weighted by Crippen LogP contribution is -2.26. The van der Waals surface area contributed by atoms with E-state index in [0.717, 1.165) is 28.0 Å². The average Bonchev–Trinajstić information content (AvgIpc) is 2.92. The van der Waals surface area contributed by atoms with Gasteiger partial charge in [0.05, 0.1) is 12.6 Å². The molecule has 0 radical (unpaired) electrons. The zero-order chi connectivity index (χ0) is 18.1. The van der Waals surface area contributed by atoms with Crippen molar-refractivity contribution in [2.45, 2.75) is 42.8 Å². The van der Waals surface area contributed by atoms with Gasteiger partial charge in [-0.15, -0.1) is 16.9 Å². The van der Waals surface area contributed by atoms with Crippen LogP contribution in [0.1, 0.15) is 38.2 Å². The van der Waals surface area contributed by atoms with E-state index < -0.39 is 11.2 Å². The third-order valence-electron chi connectivity index (χ3n) is 3.41. The van der Waals surface area contributed by atoms with Crippen molar-refractivity contribution >= 4 is 46.8 Å². The molecule has 1 unspecified atom stereocenters. The van der Waals surface area contributed by atoms with Crippen LogP contribution < -0.4 is 5.32 Å². The summed E-state index contributed by atoms with van der Waals surface area (Å²) >= 11 is 2.89. The maximum atomic E-state index is 11.6. The minimum atomic E-state index is -1.01. The number of nitrogens with zero attached hydrogens (tertiary/aromatic N) is 2. The van der Waals surface area contributed by atoms with Crippen molar-refractivity contribution in [1.82, 2.24) is 5.32 Å². The molecule has 1 atom stereocenters. The second-order valence-electron chi connectivity index (χ2n) is 5.44. The summed E-state index contributed by atoms with van der Waals surface area (Å²) in [4.78, 5) is 23.5. The number of unbranched alkanes of at least 4 members (excludes halogenated alkanes) is 2. The van der Waals surface area contributed by atoms with Gasteiger partial charge in [0, 0.05) is 10.5 Å². The van der Waals surface area contributed by atoms with Gasteiger partial charge < -0.3 is 10.4 Å². The molecule has 2 N–H and O–H groups in total. The van der Waals surface area contributed by atoms with E-state index in [4.69, 9.17) is 5.11 Å². The molecule has 6 nitrogen and oxygen atoms in total. The molecule has 1 aromatic carbocycles. The quantitative estimate of drug-likeness (QED) is 0.297. The Hall–Kier alpha value is -1.80. The van der Waals surface area contributed by atoms with Crippen LogP contribution in [0.5, 0.6) is 0 Å². The first-order chi connectivity index (χ1) is 12.1. The predicted molar refractivity (Wildman–Crippen MR) is 103 cm³/mol. The van der Waals surface area contributed by atoms with Crippen LogP contribution in [0, 0.1) is 0 Å². The van der Waals surface area contributed by atoms with Crippen molar-refractivity contribution in [2.75, 3.05) is 5.75 Å². The van der Waals surface area contributed by atoms with Crippen molar-refractivity contribution < 1.29 is 14.7 Å². The molecule has 8 heteroatoms. The van der Waals surface area contributed by atoms with Gasteiger partial charge in [0.15, 0.2) is 5.17 Å². The topological polar surface area (TPSA) is 91.1 Å². The Balaban J connectivity index is 1.95. The molecule has 0 aliphatic carbocycles. The second-order valence-corrected chi connectivity index (χ2v) is 7.76. The van der Waals surface area contributed by atoms with Gasteiger partial charge in [-0.25, -0.2) is 0 Å². The molecule has 1 aliphatic heterocycles. The number of nitrogens with one attached hydrogen (secondary N) is 1. The van der Waals surface area contributed by atoms with Crippen LogP contribution in [0.3, 0.4) is 0 Å². The van der Waals surface area contributed by atoms with Gasteiger partial charge in [-0.3, -0.25) is 9.59 Å². The fourth-order valence-electron chi connectivity index (χ4n) is 2.14. The Kier molecular flexibility index (Phi) is 8.00. The number of carbonyl (C=O) groups excluding carboxylic acids is 1. The number of hydrogen-bond acceptors (Lipinski definition) is 6. The number of carbonyl (C=O) groups is 2. The van der Waals surface area contributed by atoms with Crippen LogP contribution in [0.4, 0.5) is 0 Å². The van der Waals surface area contributed by atoms with Crippen LogP contribution in [0.15, 0.2) is 39.4 Å². The Labute approximate surface area is 155 Å². The van der Waals surface area contributed by atoms with Gasteiger partial charge in [-0.2, -0.15) is 5.10 Å². The first-order valence-corrected chi connectivity index (χ1v) is 9.99. The highest BCUT2D eigenvalue weighted by molar-refractivity contribution is 8.15. The maximum absolute atomic E-state index is 11.6. The SMILES string of the molecule is CCCCCSc1ccccc1C=NN=C1NC(=O)C(CC(=O)O)S1. The highest BCUT2D eigenvalue weighted by atomic mass is 32.2. The minimum Gasteiger partial charge on any atom is -0.481 e. The first-order valence-electron chi connectivity index (χ1n) is 8.12. The van der Waals surface area contributed by atoms with Gasteiger partial charge in [0.1, 0.15) is 5.25 Å². The number of amidine groups is 1. The summed E-state index contributed by atoms with van der Waals surface area (Å²) in [6.07, 6.45) is 5.05. The van der Waals surface area contributed by atoms with E-state index in [1.807, 2.05) is 18.2 Å². The van der Waals surface area contributed by atoms with E-state index in [1.165, 1.54) is 19.3 Å². The Morgan fingerprint density at radius 3 is 2.96 bits per heavy atom. The van der Waals surface area contributed by atoms with Crippen LogP contribution in [-0.4, -0.2) is 39.4 Å². The van der Waals surface area contributed by atoms with E-state index in [2.05, 4.69) is 28.5 Å². The number of aliphatic carboxylic acids is 1. The van der Waals surface area contributed by atoms with Gasteiger partial charge in [-0.1, -0.05) is 49.7 Å². The van der Waals surface area contributed by atoms with Gasteiger partial charge in [-0.05, 0) is 18.2 Å². The van der Waals surface area contributed by atoms with E-state index >= 15 is 0 Å². The first kappa shape index (κ1) is 19.5. The standard InChI is InChI=1S/C17H21N3O3S2/c1-2-3-6-9-24-13-8-5-4-7-12(13)11-18-20-17-19-16(23)14(25-17)10-15(21)22/h4-5,7-8,11,14H,2-3,6,9-10H2,1H3,(H,21,22)(H,19,20,23). The Morgan fingerprint density at radius 2 is 2.20 bits per heavy atom. The molecule has 1 amide bonds. The van der Waals surface area contributed by atoms with Crippen LogP contribution in [-0.2, 0) is 9.59 Å². The molecular formula is C17H21N3O3S2. The molecule has 1 aromatic rings. The summed E-state index contributed by atoms with van der Waals surface area (Å²) in [5, 5.41) is 19.0. The van der Waals surface area contributed by atoms with Crippen LogP contribution in [0.25, 0.3) is 0 Å². The number of rotatable bonds is 9. The van der Waals surface area contributed by atoms with E-state index in [9.17, 15) is 9.59 Å². The molecular weight excluding hydrogens is 358 g/mol. The monoisotopic (exact) mass is 379 g/mol. The third kappa shape index (κ3) is 6.55. The molecule has 0 bridgehead atoms. The molecule has 1 fully saturated rings.